The Morgan fingerprint density at radius 3 is 3.15 bits per heavy atom. The number of rotatable bonds is 1. The molecule has 26 heavy (non-hydrogen) atoms. The van der Waals surface area contributed by atoms with Crippen LogP contribution < -0.4 is 15.9 Å². The van der Waals surface area contributed by atoms with E-state index in [1.54, 1.807) is 35.7 Å². The number of carbonyl (C=O) groups is 1. The summed E-state index contributed by atoms with van der Waals surface area (Å²) < 4.78 is 0. The first kappa shape index (κ1) is 15.1. The van der Waals surface area contributed by atoms with Crippen molar-refractivity contribution < 1.29 is 9.90 Å². The van der Waals surface area contributed by atoms with Gasteiger partial charge in [-0.2, -0.15) is 0 Å². The standard InChI is InChI=1S/C19H15N3O2S2/c1-25-10-4-9(23)5-11-19(10)6-12(26-11)22-17-14(19)15-13-8(2-3-20-15)7-21-16(13)18(17)24/h4-5,7,12,22,24H,2-3,6H2,1H3. The van der Waals surface area contributed by atoms with Crippen LogP contribution in [-0.2, 0) is 10.2 Å². The van der Waals surface area contributed by atoms with Crippen molar-refractivity contribution in [2.24, 2.45) is 9.98 Å². The number of aliphatic imine (C=N–C) groups is 1. The van der Waals surface area contributed by atoms with Gasteiger partial charge < -0.3 is 10.4 Å². The zero-order valence-electron chi connectivity index (χ0n) is 14.0. The minimum Gasteiger partial charge on any atom is -0.504 e. The lowest BCUT2D eigenvalue weighted by Gasteiger charge is -2.39. The van der Waals surface area contributed by atoms with Gasteiger partial charge in [-0.1, -0.05) is 0 Å². The third-order valence-electron chi connectivity index (χ3n) is 5.84. The van der Waals surface area contributed by atoms with Crippen molar-refractivity contribution in [2.75, 3.05) is 18.1 Å². The van der Waals surface area contributed by atoms with Gasteiger partial charge in [0.15, 0.2) is 11.5 Å². The van der Waals surface area contributed by atoms with E-state index in [0.717, 1.165) is 56.6 Å². The van der Waals surface area contributed by atoms with Crippen molar-refractivity contribution in [3.8, 4) is 5.75 Å². The van der Waals surface area contributed by atoms with E-state index in [1.165, 1.54) is 0 Å². The van der Waals surface area contributed by atoms with Gasteiger partial charge in [-0.05, 0) is 36.8 Å². The SMILES string of the molecule is CSC1=CC(=O)C=C2SC3CC12c1c(c(O)c2c4c1=NCCC=4C=N2)N3. The lowest BCUT2D eigenvalue weighted by atomic mass is 9.71. The molecule has 1 saturated heterocycles. The molecule has 4 aliphatic heterocycles. The summed E-state index contributed by atoms with van der Waals surface area (Å²) in [7, 11) is 0. The number of nitrogens with one attached hydrogen (secondary N) is 1. The zero-order valence-corrected chi connectivity index (χ0v) is 15.6. The Bertz CT molecular complexity index is 1150. The molecule has 5 aliphatic rings. The number of hydrogen-bond acceptors (Lipinski definition) is 7. The van der Waals surface area contributed by atoms with Crippen molar-refractivity contribution in [1.82, 2.24) is 0 Å². The summed E-state index contributed by atoms with van der Waals surface area (Å²) in [6, 6.07) is 0. The second-order valence-electron chi connectivity index (χ2n) is 7.07. The summed E-state index contributed by atoms with van der Waals surface area (Å²) in [6.07, 6.45) is 9.13. The molecule has 1 fully saturated rings. The number of phenolic OH excluding ortho intramolecular Hbond substituents is 1. The summed E-state index contributed by atoms with van der Waals surface area (Å²) in [5.74, 6) is 0.258. The first-order valence-corrected chi connectivity index (χ1v) is 10.7. The average molecular weight is 381 g/mol. The van der Waals surface area contributed by atoms with Gasteiger partial charge >= 0.3 is 0 Å². The van der Waals surface area contributed by atoms with Crippen LogP contribution in [0.4, 0.5) is 11.4 Å². The third kappa shape index (κ3) is 1.60. The molecule has 1 aliphatic carbocycles. The Morgan fingerprint density at radius 2 is 2.31 bits per heavy atom. The second kappa shape index (κ2) is 4.84. The van der Waals surface area contributed by atoms with Crippen LogP contribution in [0.15, 0.2) is 31.9 Å². The summed E-state index contributed by atoms with van der Waals surface area (Å²) >= 11 is 3.32. The summed E-state index contributed by atoms with van der Waals surface area (Å²) in [5.41, 5.74) is 3.18. The smallest absolute Gasteiger partial charge is 0.180 e. The monoisotopic (exact) mass is 381 g/mol. The molecule has 0 aromatic heterocycles. The molecule has 6 rings (SSSR count). The minimum atomic E-state index is -0.375. The Labute approximate surface area is 158 Å². The Kier molecular flexibility index (Phi) is 2.81. The topological polar surface area (TPSA) is 74.0 Å². The van der Waals surface area contributed by atoms with Gasteiger partial charge in [0, 0.05) is 33.4 Å². The van der Waals surface area contributed by atoms with E-state index in [1.807, 2.05) is 12.5 Å². The van der Waals surface area contributed by atoms with Gasteiger partial charge in [-0.3, -0.25) is 14.8 Å². The number of allylic oxidation sites excluding steroid dienone is 4. The predicted octanol–water partition coefficient (Wildman–Crippen LogP) is 2.12. The number of aromatic hydroxyl groups is 1. The maximum Gasteiger partial charge on any atom is 0.180 e. The molecule has 4 heterocycles. The van der Waals surface area contributed by atoms with Gasteiger partial charge in [0.05, 0.1) is 21.8 Å². The molecule has 1 aromatic rings. The fraction of sp³-hybridized carbons (Fsp3) is 0.316. The quantitative estimate of drug-likeness (QED) is 0.729. The van der Waals surface area contributed by atoms with Crippen molar-refractivity contribution in [2.45, 2.75) is 23.6 Å². The fourth-order valence-electron chi connectivity index (χ4n) is 4.84. The largest absolute Gasteiger partial charge is 0.504 e. The van der Waals surface area contributed by atoms with Crippen LogP contribution in [-0.4, -0.2) is 35.3 Å². The third-order valence-corrected chi connectivity index (χ3v) is 8.04. The molecule has 7 heteroatoms. The maximum atomic E-state index is 12.2. The van der Waals surface area contributed by atoms with Crippen molar-refractivity contribution in [1.29, 1.82) is 0 Å². The second-order valence-corrected chi connectivity index (χ2v) is 9.16. The molecule has 5 nitrogen and oxygen atoms in total. The van der Waals surface area contributed by atoms with Crippen LogP contribution in [0.2, 0.25) is 0 Å². The molecular formula is C19H15N3O2S2. The van der Waals surface area contributed by atoms with Crippen molar-refractivity contribution in [3.05, 3.63) is 38.1 Å². The molecule has 0 saturated carbocycles. The number of benzene rings is 1. The van der Waals surface area contributed by atoms with Gasteiger partial charge in [-0.15, -0.1) is 23.5 Å². The minimum absolute atomic E-state index is 0.0446. The van der Waals surface area contributed by atoms with E-state index < -0.39 is 0 Å². The molecule has 2 N–H and O–H groups in total. The molecule has 130 valence electrons. The molecule has 1 spiro atoms. The van der Waals surface area contributed by atoms with Crippen LogP contribution in [0.5, 0.6) is 5.75 Å². The highest BCUT2D eigenvalue weighted by Crippen LogP contribution is 2.64. The van der Waals surface area contributed by atoms with Gasteiger partial charge in [0.25, 0.3) is 0 Å². The maximum absolute atomic E-state index is 12.2. The number of carbonyl (C=O) groups excluding carboxylic acids is 1. The summed E-state index contributed by atoms with van der Waals surface area (Å²) in [5, 5.41) is 16.6. The lowest BCUT2D eigenvalue weighted by Crippen LogP contribution is -2.45. The number of phenols is 1. The van der Waals surface area contributed by atoms with E-state index in [2.05, 4.69) is 10.3 Å². The molecule has 1 aromatic carbocycles. The highest BCUT2D eigenvalue weighted by Gasteiger charge is 2.55. The van der Waals surface area contributed by atoms with Crippen LogP contribution in [0, 0.1) is 0 Å². The predicted molar refractivity (Wildman–Crippen MR) is 106 cm³/mol. The number of ketones is 1. The lowest BCUT2D eigenvalue weighted by molar-refractivity contribution is -0.110. The fourth-order valence-corrected chi connectivity index (χ4v) is 7.28. The van der Waals surface area contributed by atoms with E-state index in [4.69, 9.17) is 4.99 Å². The first-order valence-electron chi connectivity index (χ1n) is 8.60. The molecular weight excluding hydrogens is 366 g/mol. The Morgan fingerprint density at radius 1 is 1.42 bits per heavy atom. The normalized spacial score (nSPS) is 29.3. The van der Waals surface area contributed by atoms with Crippen LogP contribution >= 0.6 is 23.5 Å². The van der Waals surface area contributed by atoms with E-state index in [-0.39, 0.29) is 22.3 Å². The molecule has 0 radical (unpaired) electrons. The van der Waals surface area contributed by atoms with Crippen molar-refractivity contribution in [3.63, 3.8) is 0 Å². The summed E-state index contributed by atoms with van der Waals surface area (Å²) in [4.78, 5) is 23.7. The Hall–Kier alpha value is -1.99. The molecule has 2 unspecified atom stereocenters. The van der Waals surface area contributed by atoms with E-state index in [0.29, 0.717) is 5.69 Å². The Balaban J connectivity index is 1.81. The first-order chi connectivity index (χ1) is 12.6. The molecule has 2 bridgehead atoms. The van der Waals surface area contributed by atoms with Crippen molar-refractivity contribution >= 4 is 52.5 Å². The molecule has 2 atom stereocenters. The van der Waals surface area contributed by atoms with Gasteiger partial charge in [0.1, 0.15) is 5.69 Å². The number of anilines is 1. The van der Waals surface area contributed by atoms with Crippen LogP contribution in [0.25, 0.3) is 5.57 Å². The average Bonchev–Trinajstić information content (AvgIpc) is 3.19. The number of nitrogens with zero attached hydrogens (tertiary/aromatic N) is 2. The highest BCUT2D eigenvalue weighted by atomic mass is 32.2. The van der Waals surface area contributed by atoms with Crippen LogP contribution in [0.1, 0.15) is 18.4 Å². The van der Waals surface area contributed by atoms with Gasteiger partial charge in [0.2, 0.25) is 0 Å². The summed E-state index contributed by atoms with van der Waals surface area (Å²) in [6.45, 7) is 0.730. The number of thioether (sulfide) groups is 2. The number of fused-ring (bicyclic) bond motifs is 3. The van der Waals surface area contributed by atoms with E-state index >= 15 is 0 Å². The molecule has 0 amide bonds. The van der Waals surface area contributed by atoms with Crippen LogP contribution in [0.3, 0.4) is 0 Å². The van der Waals surface area contributed by atoms with Gasteiger partial charge in [-0.25, -0.2) is 0 Å². The number of hydrogen-bond donors (Lipinski definition) is 2. The van der Waals surface area contributed by atoms with E-state index in [9.17, 15) is 9.90 Å². The zero-order chi connectivity index (χ0) is 17.6. The highest BCUT2D eigenvalue weighted by molar-refractivity contribution is 8.05.